The lowest BCUT2D eigenvalue weighted by Gasteiger charge is -2.10. The van der Waals surface area contributed by atoms with Crippen LogP contribution in [0.5, 0.6) is 0 Å². The molecule has 1 saturated heterocycles. The highest BCUT2D eigenvalue weighted by Gasteiger charge is 2.28. The third-order valence-electron chi connectivity index (χ3n) is 4.84. The van der Waals surface area contributed by atoms with Gasteiger partial charge in [0.1, 0.15) is 5.82 Å². The van der Waals surface area contributed by atoms with Crippen LogP contribution in [0.25, 0.3) is 11.0 Å². The monoisotopic (exact) mass is 313 g/mol. The molecule has 0 bridgehead atoms. The first-order valence-corrected chi connectivity index (χ1v) is 8.54. The molecule has 0 spiro atoms. The normalized spacial score (nSPS) is 21.0. The van der Waals surface area contributed by atoms with Gasteiger partial charge in [-0.05, 0) is 43.4 Å². The summed E-state index contributed by atoms with van der Waals surface area (Å²) < 4.78 is 7.72. The Labute approximate surface area is 136 Å². The molecular weight excluding hydrogens is 290 g/mol. The van der Waals surface area contributed by atoms with Gasteiger partial charge in [-0.2, -0.15) is 0 Å². The molecule has 5 nitrogen and oxygen atoms in total. The van der Waals surface area contributed by atoms with E-state index >= 15 is 0 Å². The zero-order valence-electron chi connectivity index (χ0n) is 13.5. The summed E-state index contributed by atoms with van der Waals surface area (Å²) in [5.74, 6) is 1.86. The summed E-state index contributed by atoms with van der Waals surface area (Å²) in [5.41, 5.74) is 3.16. The highest BCUT2D eigenvalue weighted by atomic mass is 16.5. The van der Waals surface area contributed by atoms with Crippen molar-refractivity contribution in [2.45, 2.75) is 44.1 Å². The lowest BCUT2D eigenvalue weighted by atomic mass is 10.1. The number of hydrogen-bond acceptors (Lipinski definition) is 3. The van der Waals surface area contributed by atoms with Crippen molar-refractivity contribution in [3.8, 4) is 0 Å². The maximum Gasteiger partial charge on any atom is 0.224 e. The van der Waals surface area contributed by atoms with Crippen LogP contribution in [0.3, 0.4) is 0 Å². The Morgan fingerprint density at radius 3 is 3.00 bits per heavy atom. The van der Waals surface area contributed by atoms with Gasteiger partial charge in [0.15, 0.2) is 0 Å². The molecule has 1 atom stereocenters. The molecule has 4 rings (SSSR count). The SMILES string of the molecule is Cn1c(C2CC2)nc2cc(CC(=O)NCC3CCCO3)ccc21. The molecule has 2 aliphatic rings. The van der Waals surface area contributed by atoms with Gasteiger partial charge in [-0.3, -0.25) is 4.79 Å². The van der Waals surface area contributed by atoms with Crippen molar-refractivity contribution in [2.24, 2.45) is 7.05 Å². The zero-order valence-corrected chi connectivity index (χ0v) is 13.5. The van der Waals surface area contributed by atoms with Crippen molar-refractivity contribution in [3.63, 3.8) is 0 Å². The number of aryl methyl sites for hydroxylation is 1. The van der Waals surface area contributed by atoms with Crippen molar-refractivity contribution >= 4 is 16.9 Å². The van der Waals surface area contributed by atoms with Crippen molar-refractivity contribution < 1.29 is 9.53 Å². The van der Waals surface area contributed by atoms with Gasteiger partial charge in [-0.1, -0.05) is 6.07 Å². The molecule has 2 aromatic rings. The number of benzene rings is 1. The molecule has 1 N–H and O–H groups in total. The zero-order chi connectivity index (χ0) is 15.8. The van der Waals surface area contributed by atoms with Gasteiger partial charge < -0.3 is 14.6 Å². The molecule has 122 valence electrons. The van der Waals surface area contributed by atoms with Crippen LogP contribution >= 0.6 is 0 Å². The van der Waals surface area contributed by atoms with E-state index in [0.717, 1.165) is 36.0 Å². The van der Waals surface area contributed by atoms with Gasteiger partial charge >= 0.3 is 0 Å². The Balaban J connectivity index is 1.43. The molecule has 2 fully saturated rings. The maximum atomic E-state index is 12.1. The number of ether oxygens (including phenoxy) is 1. The average molecular weight is 313 g/mol. The fraction of sp³-hybridized carbons (Fsp3) is 0.556. The summed E-state index contributed by atoms with van der Waals surface area (Å²) in [5, 5.41) is 2.98. The van der Waals surface area contributed by atoms with E-state index in [1.54, 1.807) is 0 Å². The van der Waals surface area contributed by atoms with Gasteiger partial charge in [0.25, 0.3) is 0 Å². The predicted octanol–water partition coefficient (Wildman–Crippen LogP) is 2.29. The fourth-order valence-electron chi connectivity index (χ4n) is 3.36. The molecule has 2 heterocycles. The minimum absolute atomic E-state index is 0.0539. The first kappa shape index (κ1) is 14.7. The Kier molecular flexibility index (Phi) is 3.81. The summed E-state index contributed by atoms with van der Waals surface area (Å²) in [7, 11) is 2.08. The molecule has 1 aromatic carbocycles. The molecule has 1 saturated carbocycles. The molecule has 0 radical (unpaired) electrons. The van der Waals surface area contributed by atoms with Crippen LogP contribution in [0.1, 0.15) is 43.0 Å². The number of carbonyl (C=O) groups is 1. The van der Waals surface area contributed by atoms with Crippen LogP contribution in [-0.4, -0.2) is 34.7 Å². The molecular formula is C18H23N3O2. The smallest absolute Gasteiger partial charge is 0.224 e. The second kappa shape index (κ2) is 5.96. The molecule has 23 heavy (non-hydrogen) atoms. The third kappa shape index (κ3) is 3.11. The molecule has 1 aliphatic heterocycles. The van der Waals surface area contributed by atoms with E-state index in [9.17, 15) is 4.79 Å². The number of nitrogens with zero attached hydrogens (tertiary/aromatic N) is 2. The molecule has 1 amide bonds. The number of carbonyl (C=O) groups excluding carboxylic acids is 1. The first-order valence-electron chi connectivity index (χ1n) is 8.54. The third-order valence-corrected chi connectivity index (χ3v) is 4.84. The molecule has 1 aromatic heterocycles. The van der Waals surface area contributed by atoms with E-state index in [2.05, 4.69) is 23.0 Å². The minimum atomic E-state index is 0.0539. The summed E-state index contributed by atoms with van der Waals surface area (Å²) in [4.78, 5) is 16.9. The molecule has 5 heteroatoms. The number of amides is 1. The Hall–Kier alpha value is -1.88. The number of nitrogens with one attached hydrogen (secondary N) is 1. The van der Waals surface area contributed by atoms with Crippen LogP contribution in [0.4, 0.5) is 0 Å². The van der Waals surface area contributed by atoms with Gasteiger partial charge in [-0.25, -0.2) is 4.98 Å². The number of rotatable bonds is 5. The van der Waals surface area contributed by atoms with E-state index in [1.807, 2.05) is 12.1 Å². The van der Waals surface area contributed by atoms with Crippen molar-refractivity contribution in [3.05, 3.63) is 29.6 Å². The summed E-state index contributed by atoms with van der Waals surface area (Å²) in [6.45, 7) is 1.44. The van der Waals surface area contributed by atoms with Crippen LogP contribution in [-0.2, 0) is 23.0 Å². The lowest BCUT2D eigenvalue weighted by molar-refractivity contribution is -0.120. The maximum absolute atomic E-state index is 12.1. The van der Waals surface area contributed by atoms with Crippen molar-refractivity contribution in [1.82, 2.24) is 14.9 Å². The van der Waals surface area contributed by atoms with E-state index in [1.165, 1.54) is 18.7 Å². The standard InChI is InChI=1S/C18H23N3O2/c1-21-16-7-4-12(9-15(16)20-18(21)13-5-6-13)10-17(22)19-11-14-3-2-8-23-14/h4,7,9,13-14H,2-3,5-6,8,10-11H2,1H3,(H,19,22). The average Bonchev–Trinajstić information content (AvgIpc) is 3.14. The van der Waals surface area contributed by atoms with Crippen LogP contribution in [0.15, 0.2) is 18.2 Å². The largest absolute Gasteiger partial charge is 0.376 e. The summed E-state index contributed by atoms with van der Waals surface area (Å²) >= 11 is 0. The topological polar surface area (TPSA) is 56.2 Å². The van der Waals surface area contributed by atoms with Gasteiger partial charge in [-0.15, -0.1) is 0 Å². The van der Waals surface area contributed by atoms with Gasteiger partial charge in [0.2, 0.25) is 5.91 Å². The van der Waals surface area contributed by atoms with Crippen molar-refractivity contribution in [2.75, 3.05) is 13.2 Å². The first-order chi connectivity index (χ1) is 11.2. The lowest BCUT2D eigenvalue weighted by Crippen LogP contribution is -2.32. The molecule has 1 aliphatic carbocycles. The van der Waals surface area contributed by atoms with E-state index in [4.69, 9.17) is 9.72 Å². The predicted molar refractivity (Wildman–Crippen MR) is 88.4 cm³/mol. The fourth-order valence-corrected chi connectivity index (χ4v) is 3.36. The summed E-state index contributed by atoms with van der Waals surface area (Å²) in [6, 6.07) is 6.16. The highest BCUT2D eigenvalue weighted by Crippen LogP contribution is 2.40. The number of fused-ring (bicyclic) bond motifs is 1. The number of hydrogen-bond donors (Lipinski definition) is 1. The number of aromatic nitrogens is 2. The molecule has 1 unspecified atom stereocenters. The highest BCUT2D eigenvalue weighted by molar-refractivity contribution is 5.82. The number of imidazole rings is 1. The van der Waals surface area contributed by atoms with Crippen LogP contribution in [0, 0.1) is 0 Å². The van der Waals surface area contributed by atoms with Gasteiger partial charge in [0, 0.05) is 26.1 Å². The second-order valence-corrected chi connectivity index (χ2v) is 6.74. The van der Waals surface area contributed by atoms with Gasteiger partial charge in [0.05, 0.1) is 23.6 Å². The minimum Gasteiger partial charge on any atom is -0.376 e. The van der Waals surface area contributed by atoms with Crippen LogP contribution in [0.2, 0.25) is 0 Å². The quantitative estimate of drug-likeness (QED) is 0.921. The summed E-state index contributed by atoms with van der Waals surface area (Å²) in [6.07, 6.45) is 5.23. The van der Waals surface area contributed by atoms with E-state index in [0.29, 0.717) is 18.9 Å². The Morgan fingerprint density at radius 1 is 1.39 bits per heavy atom. The van der Waals surface area contributed by atoms with Crippen molar-refractivity contribution in [1.29, 1.82) is 0 Å². The van der Waals surface area contributed by atoms with Crippen LogP contribution < -0.4 is 5.32 Å². The van der Waals surface area contributed by atoms with E-state index < -0.39 is 0 Å². The second-order valence-electron chi connectivity index (χ2n) is 6.74. The Bertz CT molecular complexity index is 727. The Morgan fingerprint density at radius 2 is 2.26 bits per heavy atom. The van der Waals surface area contributed by atoms with E-state index in [-0.39, 0.29) is 12.0 Å².